The van der Waals surface area contributed by atoms with E-state index in [1.807, 2.05) is 54.6 Å². The molecule has 3 rings (SSSR count). The minimum Gasteiger partial charge on any atom is -0.357 e. The summed E-state index contributed by atoms with van der Waals surface area (Å²) in [6.45, 7) is 0. The minimum atomic E-state index is -0.475. The minimum absolute atomic E-state index is 0.152. The Labute approximate surface area is 129 Å². The van der Waals surface area contributed by atoms with Crippen LogP contribution in [0.2, 0.25) is 0 Å². The molecule has 1 amide bonds. The van der Waals surface area contributed by atoms with Crippen LogP contribution in [0.15, 0.2) is 72.8 Å². The van der Waals surface area contributed by atoms with Crippen molar-refractivity contribution in [1.29, 1.82) is 0 Å². The van der Waals surface area contributed by atoms with E-state index in [-0.39, 0.29) is 5.91 Å². The molecule has 0 aliphatic carbocycles. The maximum Gasteiger partial charge on any atom is 0.253 e. The van der Waals surface area contributed by atoms with Crippen molar-refractivity contribution in [3.63, 3.8) is 0 Å². The number of amides is 1. The largest absolute Gasteiger partial charge is 0.357 e. The van der Waals surface area contributed by atoms with E-state index in [2.05, 4.69) is 11.4 Å². The lowest BCUT2D eigenvalue weighted by atomic mass is 10.1. The van der Waals surface area contributed by atoms with E-state index in [1.165, 1.54) is 0 Å². The van der Waals surface area contributed by atoms with Crippen LogP contribution in [-0.2, 0) is 4.74 Å². The number of methoxy groups -OCH3 is 1. The standard InChI is InChI=1S/C19H17NO2/c1-22-19(20-18(21)15-8-3-2-4-9-15)17-12-11-14-7-5-6-10-16(14)13-17/h2-13,19H,1H3,(H,20,21). The number of hydrogen-bond donors (Lipinski definition) is 1. The summed E-state index contributed by atoms with van der Waals surface area (Å²) in [5.74, 6) is -0.152. The zero-order chi connectivity index (χ0) is 15.4. The second-order valence-corrected chi connectivity index (χ2v) is 5.06. The number of benzene rings is 3. The lowest BCUT2D eigenvalue weighted by molar-refractivity contribution is 0.0576. The van der Waals surface area contributed by atoms with E-state index in [0.29, 0.717) is 5.56 Å². The van der Waals surface area contributed by atoms with Gasteiger partial charge >= 0.3 is 0 Å². The van der Waals surface area contributed by atoms with Crippen molar-refractivity contribution >= 4 is 16.7 Å². The Morgan fingerprint density at radius 2 is 1.59 bits per heavy atom. The number of fused-ring (bicyclic) bond motifs is 1. The van der Waals surface area contributed by atoms with Gasteiger partial charge < -0.3 is 10.1 Å². The molecule has 0 fully saturated rings. The zero-order valence-electron chi connectivity index (χ0n) is 12.3. The lowest BCUT2D eigenvalue weighted by Crippen LogP contribution is -2.29. The molecule has 22 heavy (non-hydrogen) atoms. The summed E-state index contributed by atoms with van der Waals surface area (Å²) in [5, 5.41) is 5.19. The quantitative estimate of drug-likeness (QED) is 0.740. The van der Waals surface area contributed by atoms with Crippen molar-refractivity contribution in [3.05, 3.63) is 83.9 Å². The van der Waals surface area contributed by atoms with Crippen LogP contribution in [0.25, 0.3) is 10.8 Å². The number of ether oxygens (including phenoxy) is 1. The van der Waals surface area contributed by atoms with Crippen molar-refractivity contribution < 1.29 is 9.53 Å². The first kappa shape index (κ1) is 14.3. The van der Waals surface area contributed by atoms with Crippen LogP contribution >= 0.6 is 0 Å². The van der Waals surface area contributed by atoms with E-state index < -0.39 is 6.23 Å². The molecule has 1 unspecified atom stereocenters. The number of nitrogens with one attached hydrogen (secondary N) is 1. The van der Waals surface area contributed by atoms with Gasteiger partial charge in [-0.05, 0) is 29.0 Å². The predicted molar refractivity (Wildman–Crippen MR) is 87.6 cm³/mol. The Kier molecular flexibility index (Phi) is 4.17. The first-order chi connectivity index (χ1) is 10.8. The van der Waals surface area contributed by atoms with Gasteiger partial charge in [0.1, 0.15) is 0 Å². The molecule has 0 aliphatic rings. The van der Waals surface area contributed by atoms with E-state index in [4.69, 9.17) is 4.74 Å². The van der Waals surface area contributed by atoms with E-state index in [1.54, 1.807) is 19.2 Å². The highest BCUT2D eigenvalue weighted by atomic mass is 16.5. The SMILES string of the molecule is COC(NC(=O)c1ccccc1)c1ccc2ccccc2c1. The van der Waals surface area contributed by atoms with Crippen LogP contribution < -0.4 is 5.32 Å². The van der Waals surface area contributed by atoms with Crippen LogP contribution in [0, 0.1) is 0 Å². The Bertz CT molecular complexity index is 784. The summed E-state index contributed by atoms with van der Waals surface area (Å²) in [4.78, 5) is 12.3. The Morgan fingerprint density at radius 3 is 2.32 bits per heavy atom. The predicted octanol–water partition coefficient (Wildman–Crippen LogP) is 3.91. The van der Waals surface area contributed by atoms with Crippen molar-refractivity contribution in [2.75, 3.05) is 7.11 Å². The second kappa shape index (κ2) is 6.41. The number of carbonyl (C=O) groups excluding carboxylic acids is 1. The fourth-order valence-electron chi connectivity index (χ4n) is 2.44. The summed E-state index contributed by atoms with van der Waals surface area (Å²) in [6.07, 6.45) is -0.475. The van der Waals surface area contributed by atoms with Crippen LogP contribution in [0.5, 0.6) is 0 Å². The van der Waals surface area contributed by atoms with E-state index >= 15 is 0 Å². The third kappa shape index (κ3) is 3.00. The molecule has 0 saturated heterocycles. The highest BCUT2D eigenvalue weighted by Gasteiger charge is 2.15. The molecule has 3 aromatic carbocycles. The molecule has 0 saturated carbocycles. The lowest BCUT2D eigenvalue weighted by Gasteiger charge is -2.18. The maximum atomic E-state index is 12.3. The third-order valence-electron chi connectivity index (χ3n) is 3.61. The number of hydrogen-bond acceptors (Lipinski definition) is 2. The first-order valence-electron chi connectivity index (χ1n) is 7.15. The molecular weight excluding hydrogens is 274 g/mol. The Balaban J connectivity index is 1.85. The average Bonchev–Trinajstić information content (AvgIpc) is 2.59. The molecule has 1 atom stereocenters. The molecule has 1 N–H and O–H groups in total. The maximum absolute atomic E-state index is 12.3. The summed E-state index contributed by atoms with van der Waals surface area (Å²) in [6, 6.07) is 23.3. The summed E-state index contributed by atoms with van der Waals surface area (Å²) in [7, 11) is 1.59. The van der Waals surface area contributed by atoms with Crippen molar-refractivity contribution in [1.82, 2.24) is 5.32 Å². The zero-order valence-corrected chi connectivity index (χ0v) is 12.3. The smallest absolute Gasteiger partial charge is 0.253 e. The fourth-order valence-corrected chi connectivity index (χ4v) is 2.44. The van der Waals surface area contributed by atoms with Crippen molar-refractivity contribution in [3.8, 4) is 0 Å². The van der Waals surface area contributed by atoms with Gasteiger partial charge in [0.25, 0.3) is 5.91 Å². The normalized spacial score (nSPS) is 12.0. The van der Waals surface area contributed by atoms with Gasteiger partial charge in [0, 0.05) is 18.2 Å². The van der Waals surface area contributed by atoms with Crippen LogP contribution in [0.3, 0.4) is 0 Å². The van der Waals surface area contributed by atoms with Crippen LogP contribution in [-0.4, -0.2) is 13.0 Å². The monoisotopic (exact) mass is 291 g/mol. The molecule has 0 radical (unpaired) electrons. The molecule has 3 nitrogen and oxygen atoms in total. The van der Waals surface area contributed by atoms with Gasteiger partial charge in [-0.1, -0.05) is 54.6 Å². The summed E-state index contributed by atoms with van der Waals surface area (Å²) in [5.41, 5.74) is 1.54. The van der Waals surface area contributed by atoms with Gasteiger partial charge in [0.15, 0.2) is 6.23 Å². The van der Waals surface area contributed by atoms with Gasteiger partial charge in [0.05, 0.1) is 0 Å². The molecule has 110 valence electrons. The highest BCUT2D eigenvalue weighted by Crippen LogP contribution is 2.21. The van der Waals surface area contributed by atoms with Crippen molar-refractivity contribution in [2.24, 2.45) is 0 Å². The van der Waals surface area contributed by atoms with Gasteiger partial charge in [-0.25, -0.2) is 0 Å². The average molecular weight is 291 g/mol. The second-order valence-electron chi connectivity index (χ2n) is 5.06. The molecule has 0 aliphatic heterocycles. The summed E-state index contributed by atoms with van der Waals surface area (Å²) >= 11 is 0. The molecule has 0 aromatic heterocycles. The van der Waals surface area contributed by atoms with Gasteiger partial charge in [-0.3, -0.25) is 4.79 Å². The van der Waals surface area contributed by atoms with Gasteiger partial charge in [-0.15, -0.1) is 0 Å². The molecule has 0 spiro atoms. The van der Waals surface area contributed by atoms with Gasteiger partial charge in [0.2, 0.25) is 0 Å². The number of carbonyl (C=O) groups is 1. The Hall–Kier alpha value is -2.65. The summed E-state index contributed by atoms with van der Waals surface area (Å²) < 4.78 is 5.45. The first-order valence-corrected chi connectivity index (χ1v) is 7.15. The molecule has 0 heterocycles. The number of rotatable bonds is 4. The fraction of sp³-hybridized carbons (Fsp3) is 0.105. The Morgan fingerprint density at radius 1 is 0.909 bits per heavy atom. The van der Waals surface area contributed by atoms with E-state index in [9.17, 15) is 4.79 Å². The third-order valence-corrected chi connectivity index (χ3v) is 3.61. The molecule has 3 heteroatoms. The topological polar surface area (TPSA) is 38.3 Å². The van der Waals surface area contributed by atoms with Crippen LogP contribution in [0.4, 0.5) is 0 Å². The van der Waals surface area contributed by atoms with Crippen LogP contribution in [0.1, 0.15) is 22.1 Å². The van der Waals surface area contributed by atoms with E-state index in [0.717, 1.165) is 16.3 Å². The highest BCUT2D eigenvalue weighted by molar-refractivity contribution is 5.94. The molecular formula is C19H17NO2. The van der Waals surface area contributed by atoms with Gasteiger partial charge in [-0.2, -0.15) is 0 Å². The van der Waals surface area contributed by atoms with Crippen molar-refractivity contribution in [2.45, 2.75) is 6.23 Å². The molecule has 0 bridgehead atoms. The molecule has 3 aromatic rings.